The van der Waals surface area contributed by atoms with Crippen molar-refractivity contribution >= 4 is 35.6 Å². The minimum absolute atomic E-state index is 0.0988. The number of aliphatic imine (C=N–C) groups is 1. The van der Waals surface area contributed by atoms with Gasteiger partial charge in [-0.1, -0.05) is 0 Å². The van der Waals surface area contributed by atoms with Gasteiger partial charge in [0.2, 0.25) is 17.7 Å². The quantitative estimate of drug-likeness (QED) is 0.0710. The number of nitrogens with one attached hydrogen (secondary N) is 3. The summed E-state index contributed by atoms with van der Waals surface area (Å²) in [5.74, 6) is -5.80. The fourth-order valence-electron chi connectivity index (χ4n) is 2.04. The van der Waals surface area contributed by atoms with Gasteiger partial charge in [0.1, 0.15) is 12.1 Å². The number of carbonyl (C=O) groups excluding carboxylic acids is 3. The molecule has 0 rings (SSSR count). The van der Waals surface area contributed by atoms with Crippen molar-refractivity contribution in [2.45, 2.75) is 37.4 Å². The predicted octanol–water partition coefficient (Wildman–Crippen LogP) is -5.00. The normalized spacial score (nSPS) is 13.3. The largest absolute Gasteiger partial charge is 0.481 e. The van der Waals surface area contributed by atoms with E-state index < -0.39 is 67.4 Å². The van der Waals surface area contributed by atoms with Crippen LogP contribution in [0, 0.1) is 0 Å². The van der Waals surface area contributed by atoms with Crippen LogP contribution in [-0.4, -0.2) is 88.8 Å². The lowest BCUT2D eigenvalue weighted by molar-refractivity contribution is -0.144. The number of nitrogens with zero attached hydrogens (tertiary/aromatic N) is 1. The number of aliphatic hydroxyl groups excluding tert-OH is 1. The van der Waals surface area contributed by atoms with Crippen LogP contribution in [0.25, 0.3) is 0 Å². The highest BCUT2D eigenvalue weighted by Gasteiger charge is 2.28. The standard InChI is InChI=1S/C15H27N7O8/c16-7(2-1-3-19-15(17)18)12(27)20-5-10(24)21-8(4-11(25)26)13(28)22-9(6-23)14(29)30/h7-9,23H,1-6,16H2,(H,20,27)(H,21,24)(H,22,28)(H,25,26)(H,29,30)(H4,17,18,19)/t7-,8+,9-/m0/s1. The Hall–Kier alpha value is -3.46. The first-order valence-electron chi connectivity index (χ1n) is 8.71. The number of guanidine groups is 1. The Morgan fingerprint density at radius 1 is 0.967 bits per heavy atom. The molecular formula is C15H27N7O8. The maximum Gasteiger partial charge on any atom is 0.328 e. The second kappa shape index (κ2) is 13.7. The maximum absolute atomic E-state index is 12.0. The van der Waals surface area contributed by atoms with Crippen molar-refractivity contribution in [2.75, 3.05) is 19.7 Å². The number of nitrogens with two attached hydrogens (primary N) is 3. The van der Waals surface area contributed by atoms with Crippen LogP contribution in [0.2, 0.25) is 0 Å². The number of hydrogen-bond donors (Lipinski definition) is 9. The summed E-state index contributed by atoms with van der Waals surface area (Å²) in [6.07, 6.45) is -0.214. The molecule has 0 fully saturated rings. The van der Waals surface area contributed by atoms with Crippen LogP contribution in [0.15, 0.2) is 4.99 Å². The predicted molar refractivity (Wildman–Crippen MR) is 102 cm³/mol. The molecule has 0 aliphatic rings. The van der Waals surface area contributed by atoms with E-state index in [-0.39, 0.29) is 18.9 Å². The molecule has 0 unspecified atom stereocenters. The first-order chi connectivity index (χ1) is 14.0. The zero-order valence-electron chi connectivity index (χ0n) is 16.0. The summed E-state index contributed by atoms with van der Waals surface area (Å²) in [5.41, 5.74) is 16.0. The molecule has 30 heavy (non-hydrogen) atoms. The van der Waals surface area contributed by atoms with Crippen molar-refractivity contribution in [3.63, 3.8) is 0 Å². The molecular weight excluding hydrogens is 406 g/mol. The molecule has 12 N–H and O–H groups in total. The molecule has 0 aliphatic carbocycles. The van der Waals surface area contributed by atoms with Gasteiger partial charge in [0.15, 0.2) is 5.96 Å². The highest BCUT2D eigenvalue weighted by molar-refractivity contribution is 5.94. The first kappa shape index (κ1) is 26.5. The lowest BCUT2D eigenvalue weighted by Crippen LogP contribution is -2.55. The van der Waals surface area contributed by atoms with E-state index in [0.717, 1.165) is 0 Å². The van der Waals surface area contributed by atoms with Gasteiger partial charge < -0.3 is 48.5 Å². The number of rotatable bonds is 14. The molecule has 15 heteroatoms. The molecule has 0 aliphatic heterocycles. The summed E-state index contributed by atoms with van der Waals surface area (Å²) in [6, 6.07) is -4.26. The number of aliphatic hydroxyl groups is 1. The van der Waals surface area contributed by atoms with Crippen molar-refractivity contribution in [1.82, 2.24) is 16.0 Å². The van der Waals surface area contributed by atoms with Crippen LogP contribution in [0.5, 0.6) is 0 Å². The van der Waals surface area contributed by atoms with E-state index in [9.17, 15) is 24.0 Å². The smallest absolute Gasteiger partial charge is 0.328 e. The van der Waals surface area contributed by atoms with Gasteiger partial charge in [-0.3, -0.25) is 24.2 Å². The van der Waals surface area contributed by atoms with E-state index in [2.05, 4.69) is 15.6 Å². The summed E-state index contributed by atoms with van der Waals surface area (Å²) < 4.78 is 0. The zero-order valence-corrected chi connectivity index (χ0v) is 16.0. The number of carboxylic acids is 2. The van der Waals surface area contributed by atoms with E-state index in [0.29, 0.717) is 6.42 Å². The van der Waals surface area contributed by atoms with Gasteiger partial charge in [-0.2, -0.15) is 0 Å². The average Bonchev–Trinajstić information content (AvgIpc) is 2.65. The van der Waals surface area contributed by atoms with Crippen LogP contribution in [0.3, 0.4) is 0 Å². The Morgan fingerprint density at radius 3 is 2.10 bits per heavy atom. The van der Waals surface area contributed by atoms with Gasteiger partial charge in [-0.25, -0.2) is 4.79 Å². The fourth-order valence-corrected chi connectivity index (χ4v) is 2.04. The molecule has 0 saturated heterocycles. The molecule has 0 heterocycles. The van der Waals surface area contributed by atoms with E-state index in [1.807, 2.05) is 5.32 Å². The topological polar surface area (TPSA) is 273 Å². The van der Waals surface area contributed by atoms with Gasteiger partial charge in [-0.05, 0) is 12.8 Å². The van der Waals surface area contributed by atoms with Crippen LogP contribution in [0.1, 0.15) is 19.3 Å². The Balaban J connectivity index is 4.66. The number of carbonyl (C=O) groups is 5. The van der Waals surface area contributed by atoms with Crippen molar-refractivity contribution in [3.05, 3.63) is 0 Å². The zero-order chi connectivity index (χ0) is 23.3. The van der Waals surface area contributed by atoms with Gasteiger partial charge in [-0.15, -0.1) is 0 Å². The minimum atomic E-state index is -1.68. The molecule has 0 aromatic rings. The lowest BCUT2D eigenvalue weighted by Gasteiger charge is -2.19. The van der Waals surface area contributed by atoms with Crippen molar-refractivity contribution in [2.24, 2.45) is 22.2 Å². The Kier molecular flexibility index (Phi) is 12.1. The molecule has 3 atom stereocenters. The third kappa shape index (κ3) is 11.4. The summed E-state index contributed by atoms with van der Waals surface area (Å²) >= 11 is 0. The third-order valence-corrected chi connectivity index (χ3v) is 3.56. The van der Waals surface area contributed by atoms with Gasteiger partial charge >= 0.3 is 11.9 Å². The van der Waals surface area contributed by atoms with E-state index in [4.69, 9.17) is 32.5 Å². The molecule has 15 nitrogen and oxygen atoms in total. The molecule has 3 amide bonds. The monoisotopic (exact) mass is 433 g/mol. The molecule has 170 valence electrons. The Bertz CT molecular complexity index is 665. The van der Waals surface area contributed by atoms with Gasteiger partial charge in [0, 0.05) is 6.54 Å². The van der Waals surface area contributed by atoms with Crippen LogP contribution in [-0.2, 0) is 24.0 Å². The second-order valence-corrected chi connectivity index (χ2v) is 6.07. The molecule has 0 saturated carbocycles. The lowest BCUT2D eigenvalue weighted by atomic mass is 10.1. The Morgan fingerprint density at radius 2 is 1.60 bits per heavy atom. The highest BCUT2D eigenvalue weighted by Crippen LogP contribution is 1.97. The first-order valence-corrected chi connectivity index (χ1v) is 8.71. The van der Waals surface area contributed by atoms with Crippen molar-refractivity contribution < 1.29 is 39.3 Å². The van der Waals surface area contributed by atoms with E-state index >= 15 is 0 Å². The highest BCUT2D eigenvalue weighted by atomic mass is 16.4. The van der Waals surface area contributed by atoms with Gasteiger partial charge in [0.25, 0.3) is 0 Å². The number of hydrogen-bond acceptors (Lipinski definition) is 8. The number of aliphatic carboxylic acids is 2. The Labute approximate surface area is 171 Å². The molecule has 0 aromatic heterocycles. The summed E-state index contributed by atoms with van der Waals surface area (Å²) in [6.45, 7) is -1.28. The third-order valence-electron chi connectivity index (χ3n) is 3.56. The minimum Gasteiger partial charge on any atom is -0.481 e. The van der Waals surface area contributed by atoms with E-state index in [1.165, 1.54) is 0 Å². The van der Waals surface area contributed by atoms with Gasteiger partial charge in [0.05, 0.1) is 25.6 Å². The second-order valence-electron chi connectivity index (χ2n) is 6.07. The van der Waals surface area contributed by atoms with Crippen LogP contribution in [0.4, 0.5) is 0 Å². The number of carboxylic acid groups (broad SMARTS) is 2. The summed E-state index contributed by atoms with van der Waals surface area (Å²) in [4.78, 5) is 61.3. The fraction of sp³-hybridized carbons (Fsp3) is 0.600. The summed E-state index contributed by atoms with van der Waals surface area (Å²) in [5, 5.41) is 32.8. The average molecular weight is 433 g/mol. The summed E-state index contributed by atoms with van der Waals surface area (Å²) in [7, 11) is 0. The van der Waals surface area contributed by atoms with Crippen molar-refractivity contribution in [3.8, 4) is 0 Å². The molecule has 0 aromatic carbocycles. The molecule has 0 spiro atoms. The van der Waals surface area contributed by atoms with Crippen molar-refractivity contribution in [1.29, 1.82) is 0 Å². The number of amides is 3. The molecule has 0 radical (unpaired) electrons. The SMILES string of the molecule is NC(N)=NCCC[C@H](N)C(=O)NCC(=O)N[C@H](CC(=O)O)C(=O)N[C@@H](CO)C(=O)O. The molecule has 0 bridgehead atoms. The van der Waals surface area contributed by atoms with Crippen LogP contribution >= 0.6 is 0 Å². The van der Waals surface area contributed by atoms with Crippen LogP contribution < -0.4 is 33.2 Å². The van der Waals surface area contributed by atoms with E-state index in [1.54, 1.807) is 0 Å². The maximum atomic E-state index is 12.0.